The second-order valence-electron chi connectivity index (χ2n) is 5.96. The predicted molar refractivity (Wildman–Crippen MR) is 84.6 cm³/mol. The Hall–Kier alpha value is -2.54. The molecule has 0 radical (unpaired) electrons. The molecule has 0 saturated heterocycles. The van der Waals surface area contributed by atoms with Crippen molar-refractivity contribution >= 4 is 12.2 Å². The van der Waals surface area contributed by atoms with Crippen LogP contribution in [0.1, 0.15) is 18.2 Å². The number of aryl methyl sites for hydroxylation is 1. The molecule has 4 nitrogen and oxygen atoms in total. The Bertz CT molecular complexity index is 972. The molecule has 0 bridgehead atoms. The highest BCUT2D eigenvalue weighted by Gasteiger charge is 2.40. The van der Waals surface area contributed by atoms with Gasteiger partial charge in [-0.3, -0.25) is 4.79 Å². The summed E-state index contributed by atoms with van der Waals surface area (Å²) in [6, 6.07) is 6.25. The van der Waals surface area contributed by atoms with Crippen molar-refractivity contribution in [1.82, 2.24) is 0 Å². The summed E-state index contributed by atoms with van der Waals surface area (Å²) in [6.45, 7) is 3.46. The lowest BCUT2D eigenvalue weighted by atomic mass is 9.98. The Kier molecular flexibility index (Phi) is 4.20. The SMILES string of the molecule is Cc1ccc(Oc2c(C(F)(F)F)oc3c(c2=O)=CC(C)C(O)C=3)cc1. The van der Waals surface area contributed by atoms with Crippen LogP contribution in [0, 0.1) is 12.8 Å². The van der Waals surface area contributed by atoms with E-state index in [1.807, 2.05) is 6.92 Å². The average molecular weight is 352 g/mol. The number of hydrogen-bond acceptors (Lipinski definition) is 4. The minimum absolute atomic E-state index is 0.0482. The summed E-state index contributed by atoms with van der Waals surface area (Å²) in [5, 5.41) is 9.73. The number of aliphatic hydroxyl groups excluding tert-OH is 1. The van der Waals surface area contributed by atoms with Gasteiger partial charge in [-0.25, -0.2) is 0 Å². The van der Waals surface area contributed by atoms with Crippen LogP contribution in [-0.2, 0) is 6.18 Å². The Morgan fingerprint density at radius 1 is 1.16 bits per heavy atom. The molecule has 1 aromatic heterocycles. The van der Waals surface area contributed by atoms with Crippen molar-refractivity contribution < 1.29 is 27.4 Å². The van der Waals surface area contributed by atoms with E-state index in [-0.39, 0.29) is 16.4 Å². The summed E-state index contributed by atoms with van der Waals surface area (Å²) in [4.78, 5) is 12.6. The zero-order chi connectivity index (χ0) is 18.4. The van der Waals surface area contributed by atoms with Crippen molar-refractivity contribution in [3.63, 3.8) is 0 Å². The Morgan fingerprint density at radius 2 is 1.80 bits per heavy atom. The molecular weight excluding hydrogens is 337 g/mol. The van der Waals surface area contributed by atoms with Gasteiger partial charge in [-0.05, 0) is 25.1 Å². The van der Waals surface area contributed by atoms with Crippen LogP contribution in [0.4, 0.5) is 13.2 Å². The third-order valence-electron chi connectivity index (χ3n) is 3.92. The quantitative estimate of drug-likeness (QED) is 0.901. The molecule has 2 atom stereocenters. The van der Waals surface area contributed by atoms with Crippen molar-refractivity contribution in [2.75, 3.05) is 0 Å². The fourth-order valence-corrected chi connectivity index (χ4v) is 2.50. The number of fused-ring (bicyclic) bond motifs is 1. The van der Waals surface area contributed by atoms with Crippen LogP contribution in [0.15, 0.2) is 33.5 Å². The molecule has 0 fully saturated rings. The maximum absolute atomic E-state index is 13.3. The Balaban J connectivity index is 2.25. The topological polar surface area (TPSA) is 59.7 Å². The van der Waals surface area contributed by atoms with Crippen molar-refractivity contribution in [3.8, 4) is 11.5 Å². The van der Waals surface area contributed by atoms with Gasteiger partial charge in [-0.2, -0.15) is 13.2 Å². The van der Waals surface area contributed by atoms with Crippen LogP contribution in [0.3, 0.4) is 0 Å². The molecule has 1 N–H and O–H groups in total. The molecule has 0 amide bonds. The fraction of sp³-hybridized carbons (Fsp3) is 0.278. The van der Waals surface area contributed by atoms with Crippen molar-refractivity contribution in [2.45, 2.75) is 26.1 Å². The Morgan fingerprint density at radius 3 is 2.40 bits per heavy atom. The lowest BCUT2D eigenvalue weighted by Gasteiger charge is -2.17. The van der Waals surface area contributed by atoms with Gasteiger partial charge in [-0.1, -0.05) is 30.7 Å². The summed E-state index contributed by atoms with van der Waals surface area (Å²) >= 11 is 0. The molecule has 7 heteroatoms. The lowest BCUT2D eigenvalue weighted by Crippen LogP contribution is -2.45. The van der Waals surface area contributed by atoms with Crippen LogP contribution in [0.25, 0.3) is 12.2 Å². The van der Waals surface area contributed by atoms with E-state index >= 15 is 0 Å². The molecule has 1 aliphatic carbocycles. The van der Waals surface area contributed by atoms with Crippen LogP contribution < -0.4 is 20.8 Å². The van der Waals surface area contributed by atoms with Crippen LogP contribution in [0.2, 0.25) is 0 Å². The zero-order valence-electron chi connectivity index (χ0n) is 13.4. The minimum atomic E-state index is -4.92. The number of hydrogen-bond donors (Lipinski definition) is 1. The number of aliphatic hydroxyl groups is 1. The average Bonchev–Trinajstić information content (AvgIpc) is 2.53. The van der Waals surface area contributed by atoms with Gasteiger partial charge >= 0.3 is 6.18 Å². The smallest absolute Gasteiger partial charge is 0.449 e. The maximum Gasteiger partial charge on any atom is 0.453 e. The molecule has 0 aliphatic heterocycles. The first-order chi connectivity index (χ1) is 11.7. The van der Waals surface area contributed by atoms with E-state index in [1.54, 1.807) is 19.1 Å². The van der Waals surface area contributed by atoms with Gasteiger partial charge in [0, 0.05) is 5.92 Å². The first kappa shape index (κ1) is 17.3. The summed E-state index contributed by atoms with van der Waals surface area (Å²) in [5.41, 5.74) is -0.338. The minimum Gasteiger partial charge on any atom is -0.449 e. The predicted octanol–water partition coefficient (Wildman–Crippen LogP) is 2.33. The molecule has 0 spiro atoms. The number of alkyl halides is 3. The van der Waals surface area contributed by atoms with Crippen molar-refractivity contribution in [3.05, 3.63) is 56.4 Å². The number of halogens is 3. The molecular formula is C18H15F3O4. The van der Waals surface area contributed by atoms with Crippen LogP contribution in [0.5, 0.6) is 11.5 Å². The maximum atomic E-state index is 13.3. The van der Waals surface area contributed by atoms with Gasteiger partial charge in [-0.15, -0.1) is 0 Å². The van der Waals surface area contributed by atoms with E-state index < -0.39 is 35.1 Å². The van der Waals surface area contributed by atoms with E-state index in [1.165, 1.54) is 18.2 Å². The number of benzene rings is 1. The summed E-state index contributed by atoms with van der Waals surface area (Å²) in [7, 11) is 0. The molecule has 2 aromatic rings. The number of rotatable bonds is 2. The van der Waals surface area contributed by atoms with E-state index in [0.29, 0.717) is 0 Å². The zero-order valence-corrected chi connectivity index (χ0v) is 13.4. The van der Waals surface area contributed by atoms with Gasteiger partial charge in [0.1, 0.15) is 11.2 Å². The number of ether oxygens (including phenoxy) is 1. The first-order valence-electron chi connectivity index (χ1n) is 7.57. The highest BCUT2D eigenvalue weighted by atomic mass is 19.4. The van der Waals surface area contributed by atoms with E-state index in [2.05, 4.69) is 0 Å². The van der Waals surface area contributed by atoms with Crippen molar-refractivity contribution in [2.24, 2.45) is 5.92 Å². The van der Waals surface area contributed by atoms with Gasteiger partial charge in [0.25, 0.3) is 5.76 Å². The Labute approximate surface area is 140 Å². The molecule has 132 valence electrons. The van der Waals surface area contributed by atoms with Gasteiger partial charge < -0.3 is 14.3 Å². The highest BCUT2D eigenvalue weighted by molar-refractivity contribution is 5.45. The molecule has 3 rings (SSSR count). The summed E-state index contributed by atoms with van der Waals surface area (Å²) in [6.07, 6.45) is -3.46. The molecule has 0 saturated carbocycles. The molecule has 1 aliphatic rings. The van der Waals surface area contributed by atoms with Crippen molar-refractivity contribution in [1.29, 1.82) is 0 Å². The highest BCUT2D eigenvalue weighted by Crippen LogP contribution is 2.35. The second-order valence-corrected chi connectivity index (χ2v) is 5.96. The molecule has 25 heavy (non-hydrogen) atoms. The van der Waals surface area contributed by atoms with Crippen LogP contribution in [-0.4, -0.2) is 11.2 Å². The van der Waals surface area contributed by atoms with E-state index in [0.717, 1.165) is 11.6 Å². The van der Waals surface area contributed by atoms with E-state index in [4.69, 9.17) is 9.15 Å². The third kappa shape index (κ3) is 3.32. The van der Waals surface area contributed by atoms with Gasteiger partial charge in [0.05, 0.1) is 11.3 Å². The second kappa shape index (κ2) is 6.07. The third-order valence-corrected chi connectivity index (χ3v) is 3.92. The van der Waals surface area contributed by atoms with Crippen LogP contribution >= 0.6 is 0 Å². The normalized spacial score (nSPS) is 19.6. The van der Waals surface area contributed by atoms with E-state index in [9.17, 15) is 23.1 Å². The summed E-state index contributed by atoms with van der Waals surface area (Å²) < 4.78 is 50.1. The van der Waals surface area contributed by atoms with Gasteiger partial charge in [0.15, 0.2) is 0 Å². The lowest BCUT2D eigenvalue weighted by molar-refractivity contribution is -0.156. The molecule has 1 aromatic carbocycles. The molecule has 1 heterocycles. The monoisotopic (exact) mass is 352 g/mol. The molecule has 2 unspecified atom stereocenters. The summed E-state index contributed by atoms with van der Waals surface area (Å²) in [5.74, 6) is -2.78. The largest absolute Gasteiger partial charge is 0.453 e. The van der Waals surface area contributed by atoms with Gasteiger partial charge in [0.2, 0.25) is 11.2 Å². The fourth-order valence-electron chi connectivity index (χ4n) is 2.50. The standard InChI is InChI=1S/C18H15F3O4/c1-9-3-5-11(6-4-9)24-16-15(23)12-7-10(2)13(22)8-14(12)25-17(16)18(19,20)21/h3-8,10,13,22H,1-2H3. The first-order valence-corrected chi connectivity index (χ1v) is 7.57.